The van der Waals surface area contributed by atoms with E-state index in [2.05, 4.69) is 20.9 Å². The third-order valence-corrected chi connectivity index (χ3v) is 3.71. The fraction of sp³-hybridized carbons (Fsp3) is 0.357. The molecular weight excluding hydrogens is 308 g/mol. The van der Waals surface area contributed by atoms with Gasteiger partial charge in [-0.15, -0.1) is 0 Å². The third-order valence-electron chi connectivity index (χ3n) is 2.73. The Morgan fingerprint density at radius 3 is 2.42 bits per heavy atom. The molecule has 0 aliphatic rings. The molecule has 0 atom stereocenters. The summed E-state index contributed by atoms with van der Waals surface area (Å²) in [5.74, 6) is 1.65. The zero-order valence-corrected chi connectivity index (χ0v) is 12.8. The molecule has 1 aromatic heterocycles. The Morgan fingerprint density at radius 2 is 1.95 bits per heavy atom. The van der Waals surface area contributed by atoms with Crippen LogP contribution in [0.2, 0.25) is 0 Å². The second-order valence-electron chi connectivity index (χ2n) is 4.58. The lowest BCUT2D eigenvalue weighted by molar-refractivity contribution is 0.242. The molecule has 0 aliphatic heterocycles. The van der Waals surface area contributed by atoms with Gasteiger partial charge in [0.1, 0.15) is 16.2 Å². The van der Waals surface area contributed by atoms with E-state index in [9.17, 15) is 5.11 Å². The number of imidazole rings is 1. The number of aliphatic hydroxyl groups is 1. The van der Waals surface area contributed by atoms with E-state index in [-0.39, 0.29) is 12.7 Å². The number of benzene rings is 1. The number of hydrogen-bond acceptors (Lipinski definition) is 3. The lowest BCUT2D eigenvalue weighted by atomic mass is 10.2. The van der Waals surface area contributed by atoms with Crippen molar-refractivity contribution in [3.05, 3.63) is 34.6 Å². The van der Waals surface area contributed by atoms with E-state index in [0.29, 0.717) is 5.69 Å². The summed E-state index contributed by atoms with van der Waals surface area (Å²) in [6, 6.07) is 7.79. The maximum Gasteiger partial charge on any atom is 0.140 e. The normalized spacial score (nSPS) is 11.1. The van der Waals surface area contributed by atoms with Crippen molar-refractivity contribution in [3.8, 4) is 17.1 Å². The summed E-state index contributed by atoms with van der Waals surface area (Å²) in [7, 11) is 1.91. The van der Waals surface area contributed by atoms with Gasteiger partial charge in [0, 0.05) is 12.6 Å². The van der Waals surface area contributed by atoms with Crippen LogP contribution in [0, 0.1) is 0 Å². The molecule has 5 heteroatoms. The van der Waals surface area contributed by atoms with Crippen LogP contribution in [0.25, 0.3) is 11.4 Å². The van der Waals surface area contributed by atoms with Gasteiger partial charge in [0.15, 0.2) is 0 Å². The number of hydrogen-bond donors (Lipinski definition) is 1. The topological polar surface area (TPSA) is 47.3 Å². The van der Waals surface area contributed by atoms with Gasteiger partial charge in [-0.05, 0) is 54.0 Å². The highest BCUT2D eigenvalue weighted by Crippen LogP contribution is 2.26. The zero-order chi connectivity index (χ0) is 14.0. The summed E-state index contributed by atoms with van der Waals surface area (Å²) in [4.78, 5) is 4.41. The summed E-state index contributed by atoms with van der Waals surface area (Å²) in [6.45, 7) is 3.91. The van der Waals surface area contributed by atoms with E-state index in [1.165, 1.54) is 0 Å². The van der Waals surface area contributed by atoms with Gasteiger partial charge < -0.3 is 14.4 Å². The van der Waals surface area contributed by atoms with Crippen LogP contribution in [0.3, 0.4) is 0 Å². The lowest BCUT2D eigenvalue weighted by Gasteiger charge is -2.10. The molecule has 0 saturated heterocycles. The Kier molecular flexibility index (Phi) is 4.27. The second-order valence-corrected chi connectivity index (χ2v) is 5.33. The van der Waals surface area contributed by atoms with Crippen molar-refractivity contribution in [3.63, 3.8) is 0 Å². The minimum atomic E-state index is -0.0804. The Hall–Kier alpha value is -1.33. The average molecular weight is 325 g/mol. The maximum absolute atomic E-state index is 9.22. The molecule has 1 aromatic carbocycles. The number of rotatable bonds is 4. The van der Waals surface area contributed by atoms with Crippen LogP contribution in [0.5, 0.6) is 5.75 Å². The van der Waals surface area contributed by atoms with Crippen LogP contribution in [0.1, 0.15) is 19.5 Å². The second kappa shape index (κ2) is 5.75. The lowest BCUT2D eigenvalue weighted by Crippen LogP contribution is -2.05. The van der Waals surface area contributed by atoms with E-state index in [1.807, 2.05) is 49.7 Å². The van der Waals surface area contributed by atoms with E-state index >= 15 is 0 Å². The largest absolute Gasteiger partial charge is 0.491 e. The first-order valence-electron chi connectivity index (χ1n) is 6.12. The van der Waals surface area contributed by atoms with Crippen LogP contribution < -0.4 is 4.74 Å². The smallest absolute Gasteiger partial charge is 0.140 e. The number of nitrogens with zero attached hydrogens (tertiary/aromatic N) is 2. The zero-order valence-electron chi connectivity index (χ0n) is 11.2. The van der Waals surface area contributed by atoms with Crippen LogP contribution in [-0.2, 0) is 13.7 Å². The molecule has 1 N–H and O–H groups in total. The average Bonchev–Trinajstić information content (AvgIpc) is 2.66. The molecule has 19 heavy (non-hydrogen) atoms. The molecule has 4 nitrogen and oxygen atoms in total. The minimum Gasteiger partial charge on any atom is -0.491 e. The highest BCUT2D eigenvalue weighted by atomic mass is 79.9. The summed E-state index contributed by atoms with van der Waals surface area (Å²) >= 11 is 3.42. The Bertz CT molecular complexity index is 562. The van der Waals surface area contributed by atoms with Crippen molar-refractivity contribution in [1.29, 1.82) is 0 Å². The van der Waals surface area contributed by atoms with Gasteiger partial charge in [0.25, 0.3) is 0 Å². The number of halogens is 1. The molecule has 2 aromatic rings. The quantitative estimate of drug-likeness (QED) is 0.939. The highest BCUT2D eigenvalue weighted by molar-refractivity contribution is 9.10. The van der Waals surface area contributed by atoms with E-state index < -0.39 is 0 Å². The van der Waals surface area contributed by atoms with Gasteiger partial charge in [-0.3, -0.25) is 0 Å². The SMILES string of the molecule is CC(C)Oc1ccc(-c2nc(CO)c(Br)n2C)cc1. The highest BCUT2D eigenvalue weighted by Gasteiger charge is 2.13. The van der Waals surface area contributed by atoms with Crippen LogP contribution >= 0.6 is 15.9 Å². The van der Waals surface area contributed by atoms with Crippen molar-refractivity contribution >= 4 is 15.9 Å². The summed E-state index contributed by atoms with van der Waals surface area (Å²) < 4.78 is 8.31. The molecule has 0 amide bonds. The van der Waals surface area contributed by atoms with Gasteiger partial charge in [-0.1, -0.05) is 0 Å². The molecule has 0 unspecified atom stereocenters. The van der Waals surface area contributed by atoms with Crippen LogP contribution in [0.4, 0.5) is 0 Å². The fourth-order valence-corrected chi connectivity index (χ4v) is 2.23. The minimum absolute atomic E-state index is 0.0804. The molecule has 102 valence electrons. The van der Waals surface area contributed by atoms with E-state index in [0.717, 1.165) is 21.7 Å². The predicted octanol–water partition coefficient (Wildman–Crippen LogP) is 3.13. The van der Waals surface area contributed by atoms with Crippen LogP contribution in [-0.4, -0.2) is 20.8 Å². The van der Waals surface area contributed by atoms with Gasteiger partial charge in [0.2, 0.25) is 0 Å². The van der Waals surface area contributed by atoms with Crippen molar-refractivity contribution in [1.82, 2.24) is 9.55 Å². The molecule has 2 rings (SSSR count). The molecule has 0 aliphatic carbocycles. The first-order chi connectivity index (χ1) is 9.02. The van der Waals surface area contributed by atoms with E-state index in [4.69, 9.17) is 4.74 Å². The molecule has 0 spiro atoms. The molecule has 0 radical (unpaired) electrons. The molecule has 1 heterocycles. The van der Waals surface area contributed by atoms with Crippen molar-refractivity contribution in [2.75, 3.05) is 0 Å². The Labute approximate surface area is 121 Å². The monoisotopic (exact) mass is 324 g/mol. The fourth-order valence-electron chi connectivity index (χ4n) is 1.85. The Morgan fingerprint density at radius 1 is 1.32 bits per heavy atom. The van der Waals surface area contributed by atoms with Gasteiger partial charge in [-0.25, -0.2) is 4.98 Å². The van der Waals surface area contributed by atoms with Crippen LogP contribution in [0.15, 0.2) is 28.9 Å². The third kappa shape index (κ3) is 2.98. The number of ether oxygens (including phenoxy) is 1. The molecule has 0 saturated carbocycles. The van der Waals surface area contributed by atoms with Crippen molar-refractivity contribution < 1.29 is 9.84 Å². The first-order valence-corrected chi connectivity index (χ1v) is 6.91. The molecule has 0 fully saturated rings. The van der Waals surface area contributed by atoms with Gasteiger partial charge in [0.05, 0.1) is 18.4 Å². The maximum atomic E-state index is 9.22. The molecule has 0 bridgehead atoms. The van der Waals surface area contributed by atoms with Crippen molar-refractivity contribution in [2.24, 2.45) is 7.05 Å². The summed E-state index contributed by atoms with van der Waals surface area (Å²) in [5.41, 5.74) is 1.62. The predicted molar refractivity (Wildman–Crippen MR) is 78.0 cm³/mol. The van der Waals surface area contributed by atoms with E-state index in [1.54, 1.807) is 0 Å². The standard InChI is InChI=1S/C14H17BrN2O2/c1-9(2)19-11-6-4-10(5-7-11)14-16-12(8-18)13(15)17(14)3/h4-7,9,18H,8H2,1-3H3. The number of aliphatic hydroxyl groups excluding tert-OH is 1. The summed E-state index contributed by atoms with van der Waals surface area (Å²) in [6.07, 6.45) is 0.161. The molecular formula is C14H17BrN2O2. The van der Waals surface area contributed by atoms with Gasteiger partial charge >= 0.3 is 0 Å². The summed E-state index contributed by atoms with van der Waals surface area (Å²) in [5, 5.41) is 9.22. The van der Waals surface area contributed by atoms with Crippen molar-refractivity contribution in [2.45, 2.75) is 26.6 Å². The first kappa shape index (κ1) is 14.1. The number of aromatic nitrogens is 2. The Balaban J connectivity index is 2.32. The van der Waals surface area contributed by atoms with Gasteiger partial charge in [-0.2, -0.15) is 0 Å².